The van der Waals surface area contributed by atoms with Gasteiger partial charge in [-0.3, -0.25) is 4.79 Å². The van der Waals surface area contributed by atoms with Crippen LogP contribution < -0.4 is 5.32 Å². The van der Waals surface area contributed by atoms with E-state index in [0.29, 0.717) is 12.0 Å². The second-order valence-electron chi connectivity index (χ2n) is 6.29. The van der Waals surface area contributed by atoms with E-state index < -0.39 is 0 Å². The summed E-state index contributed by atoms with van der Waals surface area (Å²) in [6.07, 6.45) is 4.50. The summed E-state index contributed by atoms with van der Waals surface area (Å²) in [5.74, 6) is 0.542. The summed E-state index contributed by atoms with van der Waals surface area (Å²) in [6.45, 7) is 8.95. The Morgan fingerprint density at radius 3 is 2.68 bits per heavy atom. The van der Waals surface area contributed by atoms with Crippen LogP contribution in [0.25, 0.3) is 0 Å². The van der Waals surface area contributed by atoms with Gasteiger partial charge >= 0.3 is 0 Å². The van der Waals surface area contributed by atoms with Crippen LogP contribution in [0.1, 0.15) is 46.5 Å². The molecule has 0 saturated carbocycles. The Hall–Kier alpha value is -0.610. The van der Waals surface area contributed by atoms with Crippen molar-refractivity contribution in [3.05, 3.63) is 0 Å². The van der Waals surface area contributed by atoms with E-state index in [1.54, 1.807) is 0 Å². The summed E-state index contributed by atoms with van der Waals surface area (Å²) in [5.41, 5.74) is 0. The number of carbonyl (C=O) groups excluding carboxylic acids is 1. The van der Waals surface area contributed by atoms with Crippen LogP contribution >= 0.6 is 0 Å². The molecule has 4 heteroatoms. The summed E-state index contributed by atoms with van der Waals surface area (Å²) in [5, 5.41) is 3.53. The van der Waals surface area contributed by atoms with Crippen molar-refractivity contribution < 1.29 is 9.53 Å². The van der Waals surface area contributed by atoms with Crippen molar-refractivity contribution in [1.29, 1.82) is 0 Å². The maximum absolute atomic E-state index is 12.6. The zero-order valence-electron chi connectivity index (χ0n) is 12.5. The van der Waals surface area contributed by atoms with Crippen molar-refractivity contribution in [3.63, 3.8) is 0 Å². The van der Waals surface area contributed by atoms with Gasteiger partial charge in [-0.1, -0.05) is 13.3 Å². The lowest BCUT2D eigenvalue weighted by Gasteiger charge is -2.35. The molecule has 110 valence electrons. The highest BCUT2D eigenvalue weighted by Gasteiger charge is 2.35. The minimum absolute atomic E-state index is 0.187. The molecule has 4 nitrogen and oxygen atoms in total. The molecule has 2 fully saturated rings. The van der Waals surface area contributed by atoms with E-state index in [9.17, 15) is 4.79 Å². The third-order valence-electron chi connectivity index (χ3n) is 4.37. The van der Waals surface area contributed by atoms with Gasteiger partial charge in [-0.25, -0.2) is 0 Å². The van der Waals surface area contributed by atoms with Crippen LogP contribution in [0, 0.1) is 5.92 Å². The standard InChI is InChI=1S/C15H28N2O2/c1-11(2)17(10-13-6-4-5-8-16-13)15(18)14-12(3)7-9-19-14/h11-14,16H,4-10H2,1-3H3. The average Bonchev–Trinajstić information content (AvgIpc) is 2.82. The highest BCUT2D eigenvalue weighted by Crippen LogP contribution is 2.23. The van der Waals surface area contributed by atoms with Crippen molar-refractivity contribution in [3.8, 4) is 0 Å². The molecule has 0 aromatic rings. The first-order valence-electron chi connectivity index (χ1n) is 7.75. The van der Waals surface area contributed by atoms with Crippen molar-refractivity contribution in [2.24, 2.45) is 5.92 Å². The molecule has 3 unspecified atom stereocenters. The Balaban J connectivity index is 1.96. The van der Waals surface area contributed by atoms with Crippen LogP contribution in [0.3, 0.4) is 0 Å². The molecule has 2 aliphatic rings. The van der Waals surface area contributed by atoms with Crippen LogP contribution in [0.4, 0.5) is 0 Å². The Morgan fingerprint density at radius 1 is 1.37 bits per heavy atom. The quantitative estimate of drug-likeness (QED) is 0.845. The van der Waals surface area contributed by atoms with E-state index >= 15 is 0 Å². The highest BCUT2D eigenvalue weighted by atomic mass is 16.5. The van der Waals surface area contributed by atoms with Crippen LogP contribution in [-0.2, 0) is 9.53 Å². The molecule has 0 radical (unpaired) electrons. The van der Waals surface area contributed by atoms with E-state index in [2.05, 4.69) is 26.1 Å². The molecule has 0 aromatic heterocycles. The number of ether oxygens (including phenoxy) is 1. The molecule has 0 aliphatic carbocycles. The first kappa shape index (κ1) is 14.8. The lowest BCUT2D eigenvalue weighted by molar-refractivity contribution is -0.144. The molecule has 2 heterocycles. The van der Waals surface area contributed by atoms with Gasteiger partial charge in [0.1, 0.15) is 6.10 Å². The van der Waals surface area contributed by atoms with E-state index in [1.807, 2.05) is 4.90 Å². The van der Waals surface area contributed by atoms with Gasteiger partial charge in [0.15, 0.2) is 0 Å². The third kappa shape index (κ3) is 3.69. The molecule has 3 atom stereocenters. The Bertz CT molecular complexity index is 301. The maximum atomic E-state index is 12.6. The second-order valence-corrected chi connectivity index (χ2v) is 6.29. The van der Waals surface area contributed by atoms with E-state index in [-0.39, 0.29) is 18.1 Å². The normalized spacial score (nSPS) is 31.7. The zero-order valence-corrected chi connectivity index (χ0v) is 12.5. The van der Waals surface area contributed by atoms with Crippen molar-refractivity contribution in [2.75, 3.05) is 19.7 Å². The fourth-order valence-corrected chi connectivity index (χ4v) is 3.05. The lowest BCUT2D eigenvalue weighted by Crippen LogP contribution is -2.51. The van der Waals surface area contributed by atoms with Gasteiger partial charge in [-0.15, -0.1) is 0 Å². The van der Waals surface area contributed by atoms with Gasteiger partial charge in [0, 0.05) is 25.2 Å². The van der Waals surface area contributed by atoms with Crippen molar-refractivity contribution in [1.82, 2.24) is 10.2 Å². The summed E-state index contributed by atoms with van der Waals surface area (Å²) < 4.78 is 5.64. The summed E-state index contributed by atoms with van der Waals surface area (Å²) in [6, 6.07) is 0.699. The first-order chi connectivity index (χ1) is 9.09. The fraction of sp³-hybridized carbons (Fsp3) is 0.933. The van der Waals surface area contributed by atoms with Gasteiger partial charge < -0.3 is 15.0 Å². The first-order valence-corrected chi connectivity index (χ1v) is 7.75. The maximum Gasteiger partial charge on any atom is 0.252 e. The number of hydrogen-bond donors (Lipinski definition) is 1. The van der Waals surface area contributed by atoms with Crippen LogP contribution in [0.15, 0.2) is 0 Å². The topological polar surface area (TPSA) is 41.6 Å². The van der Waals surface area contributed by atoms with E-state index in [4.69, 9.17) is 4.74 Å². The van der Waals surface area contributed by atoms with Gasteiger partial charge in [-0.2, -0.15) is 0 Å². The largest absolute Gasteiger partial charge is 0.368 e. The smallest absolute Gasteiger partial charge is 0.252 e. The SMILES string of the molecule is CC1CCOC1C(=O)N(CC1CCCCN1)C(C)C. The van der Waals surface area contributed by atoms with E-state index in [0.717, 1.165) is 26.1 Å². The molecule has 2 aliphatic heterocycles. The molecule has 2 saturated heterocycles. The zero-order chi connectivity index (χ0) is 13.8. The second kappa shape index (κ2) is 6.71. The molecule has 19 heavy (non-hydrogen) atoms. The van der Waals surface area contributed by atoms with Crippen LogP contribution in [0.2, 0.25) is 0 Å². The molecule has 1 amide bonds. The van der Waals surface area contributed by atoms with Crippen molar-refractivity contribution >= 4 is 5.91 Å². The van der Waals surface area contributed by atoms with Gasteiger partial charge in [-0.05, 0) is 45.6 Å². The lowest BCUT2D eigenvalue weighted by atomic mass is 10.0. The van der Waals surface area contributed by atoms with Gasteiger partial charge in [0.25, 0.3) is 5.91 Å². The number of piperidine rings is 1. The number of carbonyl (C=O) groups is 1. The van der Waals surface area contributed by atoms with Gasteiger partial charge in [0.05, 0.1) is 0 Å². The fourth-order valence-electron chi connectivity index (χ4n) is 3.05. The molecular formula is C15H28N2O2. The minimum atomic E-state index is -0.217. The average molecular weight is 268 g/mol. The molecule has 0 spiro atoms. The Kier molecular flexibility index (Phi) is 5.22. The number of nitrogens with zero attached hydrogens (tertiary/aromatic N) is 1. The van der Waals surface area contributed by atoms with Gasteiger partial charge in [0.2, 0.25) is 0 Å². The Labute approximate surface area is 116 Å². The predicted molar refractivity (Wildman–Crippen MR) is 76.0 cm³/mol. The van der Waals surface area contributed by atoms with Crippen LogP contribution in [-0.4, -0.2) is 48.7 Å². The summed E-state index contributed by atoms with van der Waals surface area (Å²) in [4.78, 5) is 14.7. The summed E-state index contributed by atoms with van der Waals surface area (Å²) in [7, 11) is 0. The number of nitrogens with one attached hydrogen (secondary N) is 1. The molecule has 0 aromatic carbocycles. The predicted octanol–water partition coefficient (Wildman–Crippen LogP) is 1.79. The number of rotatable bonds is 4. The van der Waals surface area contributed by atoms with E-state index in [1.165, 1.54) is 19.3 Å². The highest BCUT2D eigenvalue weighted by molar-refractivity contribution is 5.81. The molecule has 2 rings (SSSR count). The summed E-state index contributed by atoms with van der Waals surface area (Å²) >= 11 is 0. The third-order valence-corrected chi connectivity index (χ3v) is 4.37. The molecular weight excluding hydrogens is 240 g/mol. The Morgan fingerprint density at radius 2 is 2.16 bits per heavy atom. The minimum Gasteiger partial charge on any atom is -0.368 e. The van der Waals surface area contributed by atoms with Crippen LogP contribution in [0.5, 0.6) is 0 Å². The molecule has 0 bridgehead atoms. The monoisotopic (exact) mass is 268 g/mol. The van der Waals surface area contributed by atoms with Crippen molar-refractivity contribution in [2.45, 2.75) is 64.6 Å². The number of hydrogen-bond acceptors (Lipinski definition) is 3. The molecule has 1 N–H and O–H groups in total. The number of amides is 1.